The molecule has 8 aromatic rings. The van der Waals surface area contributed by atoms with Gasteiger partial charge in [0.2, 0.25) is 0 Å². The first-order valence-electron chi connectivity index (χ1n) is 15.2. The fraction of sp³-hybridized carbons (Fsp3) is 0.0233. The van der Waals surface area contributed by atoms with Gasteiger partial charge in [-0.3, -0.25) is 0 Å². The molecule has 44 heavy (non-hydrogen) atoms. The fourth-order valence-corrected chi connectivity index (χ4v) is 6.38. The Kier molecular flexibility index (Phi) is 6.62. The number of hydrogen-bond donors (Lipinski definition) is 0. The van der Waals surface area contributed by atoms with Crippen LogP contribution in [0.2, 0.25) is 0 Å². The molecule has 1 heteroatoms. The highest BCUT2D eigenvalue weighted by molar-refractivity contribution is 6.10. The predicted molar refractivity (Wildman–Crippen MR) is 186 cm³/mol. The molecule has 0 unspecified atom stereocenters. The predicted octanol–water partition coefficient (Wildman–Crippen LogP) is 11.4. The average molecular weight is 562 g/mol. The minimum Gasteiger partial charge on any atom is -0.309 e. The van der Waals surface area contributed by atoms with Gasteiger partial charge in [0.25, 0.3) is 0 Å². The number of benzene rings is 7. The maximum atomic E-state index is 2.36. The number of para-hydroxylation sites is 2. The van der Waals surface area contributed by atoms with Crippen LogP contribution in [0, 0.1) is 0 Å². The van der Waals surface area contributed by atoms with Gasteiger partial charge in [-0.1, -0.05) is 140 Å². The van der Waals surface area contributed by atoms with Crippen LogP contribution < -0.4 is 0 Å². The van der Waals surface area contributed by atoms with Gasteiger partial charge in [0.05, 0.1) is 11.0 Å². The molecule has 0 spiro atoms. The van der Waals surface area contributed by atoms with E-state index in [1.807, 2.05) is 0 Å². The Labute approximate surface area is 258 Å². The smallest absolute Gasteiger partial charge is 0.0541 e. The van der Waals surface area contributed by atoms with Gasteiger partial charge in [-0.15, -0.1) is 0 Å². The van der Waals surface area contributed by atoms with E-state index in [1.165, 1.54) is 72.0 Å². The lowest BCUT2D eigenvalue weighted by Gasteiger charge is -2.09. The Morgan fingerprint density at radius 3 is 1.45 bits per heavy atom. The molecule has 7 aromatic carbocycles. The maximum Gasteiger partial charge on any atom is 0.0541 e. The maximum absolute atomic E-state index is 2.36. The molecule has 0 atom stereocenters. The molecule has 0 fully saturated rings. The van der Waals surface area contributed by atoms with E-state index in [9.17, 15) is 0 Å². The first-order chi connectivity index (χ1) is 21.8. The van der Waals surface area contributed by atoms with Crippen LogP contribution in [-0.2, 0) is 6.42 Å². The first-order valence-corrected chi connectivity index (χ1v) is 15.2. The van der Waals surface area contributed by atoms with Crippen molar-refractivity contribution in [1.29, 1.82) is 0 Å². The Balaban J connectivity index is 1.04. The van der Waals surface area contributed by atoms with Crippen molar-refractivity contribution in [2.45, 2.75) is 6.42 Å². The van der Waals surface area contributed by atoms with Gasteiger partial charge in [0.15, 0.2) is 0 Å². The summed E-state index contributed by atoms with van der Waals surface area (Å²) in [4.78, 5) is 0. The second kappa shape index (κ2) is 11.2. The van der Waals surface area contributed by atoms with E-state index < -0.39 is 0 Å². The first kappa shape index (κ1) is 26.0. The highest BCUT2D eigenvalue weighted by Gasteiger charge is 2.13. The third kappa shape index (κ3) is 4.89. The summed E-state index contributed by atoms with van der Waals surface area (Å²) in [5.41, 5.74) is 13.7. The molecule has 1 aromatic heterocycles. The highest BCUT2D eigenvalue weighted by atomic mass is 15.0. The van der Waals surface area contributed by atoms with E-state index in [0.717, 1.165) is 6.42 Å². The van der Waals surface area contributed by atoms with Crippen LogP contribution >= 0.6 is 0 Å². The Hall–Kier alpha value is -5.66. The Morgan fingerprint density at radius 1 is 0.318 bits per heavy atom. The molecular weight excluding hydrogens is 530 g/mol. The molecule has 208 valence electrons. The normalized spacial score (nSPS) is 11.3. The number of aromatic nitrogens is 1. The average Bonchev–Trinajstić information content (AvgIpc) is 3.43. The third-order valence-electron chi connectivity index (χ3n) is 8.64. The van der Waals surface area contributed by atoms with E-state index in [1.54, 1.807) is 0 Å². The van der Waals surface area contributed by atoms with Crippen LogP contribution in [0.25, 0.3) is 60.9 Å². The van der Waals surface area contributed by atoms with E-state index in [-0.39, 0.29) is 0 Å². The van der Waals surface area contributed by atoms with Crippen LogP contribution in [0.3, 0.4) is 0 Å². The minimum absolute atomic E-state index is 0.911. The van der Waals surface area contributed by atoms with Crippen molar-refractivity contribution in [2.24, 2.45) is 0 Å². The lowest BCUT2D eigenvalue weighted by molar-refractivity contribution is 1.18. The lowest BCUT2D eigenvalue weighted by Crippen LogP contribution is -1.92. The number of fused-ring (bicyclic) bond motifs is 3. The molecule has 8 rings (SSSR count). The second-order valence-corrected chi connectivity index (χ2v) is 11.4. The van der Waals surface area contributed by atoms with Crippen molar-refractivity contribution in [2.75, 3.05) is 0 Å². The highest BCUT2D eigenvalue weighted by Crippen LogP contribution is 2.35. The van der Waals surface area contributed by atoms with Gasteiger partial charge in [0, 0.05) is 16.5 Å². The van der Waals surface area contributed by atoms with Crippen LogP contribution in [0.4, 0.5) is 0 Å². The van der Waals surface area contributed by atoms with Gasteiger partial charge in [-0.25, -0.2) is 0 Å². The van der Waals surface area contributed by atoms with Gasteiger partial charge in [-0.05, 0) is 87.3 Å². The van der Waals surface area contributed by atoms with Gasteiger partial charge >= 0.3 is 0 Å². The molecule has 0 radical (unpaired) electrons. The summed E-state index contributed by atoms with van der Waals surface area (Å²) < 4.78 is 2.36. The van der Waals surface area contributed by atoms with E-state index in [4.69, 9.17) is 0 Å². The van der Waals surface area contributed by atoms with E-state index >= 15 is 0 Å². The number of rotatable bonds is 6. The van der Waals surface area contributed by atoms with Crippen LogP contribution in [-0.4, -0.2) is 4.57 Å². The van der Waals surface area contributed by atoms with E-state index in [2.05, 4.69) is 180 Å². The fourth-order valence-electron chi connectivity index (χ4n) is 6.38. The van der Waals surface area contributed by atoms with E-state index in [0.29, 0.717) is 0 Å². The van der Waals surface area contributed by atoms with Crippen LogP contribution in [0.15, 0.2) is 176 Å². The van der Waals surface area contributed by atoms with Crippen LogP contribution in [0.1, 0.15) is 11.1 Å². The zero-order chi connectivity index (χ0) is 29.3. The summed E-state index contributed by atoms with van der Waals surface area (Å²) >= 11 is 0. The van der Waals surface area contributed by atoms with Gasteiger partial charge in [-0.2, -0.15) is 0 Å². The zero-order valence-electron chi connectivity index (χ0n) is 24.4. The zero-order valence-corrected chi connectivity index (χ0v) is 24.4. The molecular formula is C43H31N. The standard InChI is InChI=1S/C43H31N/c1-3-10-33(11-4-1)36-12-9-13-37(29-36)34-22-18-31(19-23-34)28-32-20-24-35(25-21-32)38-26-27-43-41(30-38)40-16-7-8-17-42(40)44(43)39-14-5-2-6-15-39/h1-27,29-30H,28H2. The van der Waals surface area contributed by atoms with Crippen molar-refractivity contribution in [1.82, 2.24) is 4.57 Å². The monoisotopic (exact) mass is 561 g/mol. The minimum atomic E-state index is 0.911. The summed E-state index contributed by atoms with van der Waals surface area (Å²) in [7, 11) is 0. The molecule has 0 bridgehead atoms. The second-order valence-electron chi connectivity index (χ2n) is 11.4. The molecule has 0 amide bonds. The van der Waals surface area contributed by atoms with Gasteiger partial charge < -0.3 is 4.57 Å². The van der Waals surface area contributed by atoms with Crippen molar-refractivity contribution in [3.63, 3.8) is 0 Å². The lowest BCUT2D eigenvalue weighted by atomic mass is 9.96. The van der Waals surface area contributed by atoms with Crippen molar-refractivity contribution in [3.8, 4) is 39.1 Å². The van der Waals surface area contributed by atoms with Gasteiger partial charge in [0.1, 0.15) is 0 Å². The topological polar surface area (TPSA) is 4.93 Å². The summed E-state index contributed by atoms with van der Waals surface area (Å²) in [6, 6.07) is 63.6. The van der Waals surface area contributed by atoms with Crippen LogP contribution in [0.5, 0.6) is 0 Å². The third-order valence-corrected chi connectivity index (χ3v) is 8.64. The van der Waals surface area contributed by atoms with Crippen molar-refractivity contribution in [3.05, 3.63) is 187 Å². The molecule has 0 saturated carbocycles. The van der Waals surface area contributed by atoms with Crippen molar-refractivity contribution < 1.29 is 0 Å². The molecule has 1 nitrogen and oxygen atoms in total. The summed E-state index contributed by atoms with van der Waals surface area (Å²) in [5, 5.41) is 2.56. The van der Waals surface area contributed by atoms with Crippen molar-refractivity contribution >= 4 is 21.8 Å². The largest absolute Gasteiger partial charge is 0.309 e. The Morgan fingerprint density at radius 2 is 0.795 bits per heavy atom. The number of hydrogen-bond acceptors (Lipinski definition) is 0. The molecule has 0 saturated heterocycles. The molecule has 1 heterocycles. The molecule has 0 aliphatic rings. The Bertz CT molecular complexity index is 2210. The number of nitrogens with zero attached hydrogens (tertiary/aromatic N) is 1. The summed E-state index contributed by atoms with van der Waals surface area (Å²) in [5.74, 6) is 0. The SMILES string of the molecule is c1ccc(-c2cccc(-c3ccc(Cc4ccc(-c5ccc6c(c5)c5ccccc5n6-c5ccccc5)cc4)cc3)c2)cc1. The summed E-state index contributed by atoms with van der Waals surface area (Å²) in [6.45, 7) is 0. The molecule has 0 N–H and O–H groups in total. The quantitative estimate of drug-likeness (QED) is 0.190. The molecule has 0 aliphatic heterocycles. The summed E-state index contributed by atoms with van der Waals surface area (Å²) in [6.07, 6.45) is 0.911. The molecule has 0 aliphatic carbocycles.